The molecule has 1 atom stereocenters. The van der Waals surface area contributed by atoms with Gasteiger partial charge in [0.1, 0.15) is 11.5 Å². The van der Waals surface area contributed by atoms with Crippen LogP contribution in [-0.4, -0.2) is 36.0 Å². The Labute approximate surface area is 185 Å². The Kier molecular flexibility index (Phi) is 5.40. The average molecular weight is 429 g/mol. The molecular weight excluding hydrogens is 404 g/mol. The van der Waals surface area contributed by atoms with Crippen LogP contribution in [0.5, 0.6) is 0 Å². The van der Waals surface area contributed by atoms with Gasteiger partial charge in [0.2, 0.25) is 5.95 Å². The number of primary amides is 1. The normalized spacial score (nSPS) is 13.1. The number of amides is 1. The van der Waals surface area contributed by atoms with Gasteiger partial charge in [-0.2, -0.15) is 5.10 Å². The minimum absolute atomic E-state index is 0.197. The van der Waals surface area contributed by atoms with Gasteiger partial charge in [0.25, 0.3) is 5.91 Å². The Hall–Kier alpha value is -4.14. The lowest BCUT2D eigenvalue weighted by atomic mass is 9.72. The van der Waals surface area contributed by atoms with Gasteiger partial charge in [0.05, 0.1) is 5.41 Å². The molecule has 0 saturated heterocycles. The fraction of sp³-hybridized carbons (Fsp3) is 0.217. The minimum atomic E-state index is -0.575. The Morgan fingerprint density at radius 3 is 2.12 bits per heavy atom. The van der Waals surface area contributed by atoms with Crippen LogP contribution >= 0.6 is 0 Å². The van der Waals surface area contributed by atoms with Crippen LogP contribution in [0.15, 0.2) is 55.0 Å². The number of aromatic amines is 1. The van der Waals surface area contributed by atoms with Gasteiger partial charge in [0, 0.05) is 29.7 Å². The first kappa shape index (κ1) is 21.1. The van der Waals surface area contributed by atoms with Crippen LogP contribution in [0.2, 0.25) is 0 Å². The van der Waals surface area contributed by atoms with Gasteiger partial charge in [-0.05, 0) is 36.1 Å². The largest absolute Gasteiger partial charge is 0.368 e. The van der Waals surface area contributed by atoms with Crippen LogP contribution in [0.4, 0.5) is 5.95 Å². The molecule has 5 N–H and O–H groups in total. The first-order chi connectivity index (χ1) is 15.3. The molecule has 0 radical (unpaired) electrons. The monoisotopic (exact) mass is 428 g/mol. The van der Waals surface area contributed by atoms with Gasteiger partial charge in [-0.25, -0.2) is 15.0 Å². The molecule has 9 nitrogen and oxygen atoms in total. The van der Waals surface area contributed by atoms with Crippen molar-refractivity contribution in [3.8, 4) is 22.5 Å². The smallest absolute Gasteiger partial charge is 0.267 e. The zero-order chi connectivity index (χ0) is 22.9. The number of hydrogen-bond donors (Lipinski definition) is 3. The number of H-pyrrole nitrogens is 1. The van der Waals surface area contributed by atoms with Crippen molar-refractivity contribution in [2.75, 3.05) is 5.73 Å². The Morgan fingerprint density at radius 2 is 1.56 bits per heavy atom. The second-order valence-electron chi connectivity index (χ2n) is 8.07. The predicted molar refractivity (Wildman–Crippen MR) is 121 cm³/mol. The molecule has 9 heteroatoms. The Balaban J connectivity index is 1.67. The van der Waals surface area contributed by atoms with E-state index in [9.17, 15) is 4.79 Å². The van der Waals surface area contributed by atoms with Gasteiger partial charge >= 0.3 is 0 Å². The molecule has 0 aliphatic carbocycles. The van der Waals surface area contributed by atoms with E-state index in [-0.39, 0.29) is 17.6 Å². The molecule has 3 aromatic heterocycles. The van der Waals surface area contributed by atoms with Crippen molar-refractivity contribution >= 4 is 11.9 Å². The van der Waals surface area contributed by atoms with Crippen molar-refractivity contribution in [1.29, 1.82) is 0 Å². The third kappa shape index (κ3) is 3.80. The first-order valence-electron chi connectivity index (χ1n) is 10.2. The standard InChI is InChI=1S/C23H24N8O/c1-13(2)23(3,17-7-4-14(5-8-17)16-11-27-22(25)28-12-16)21-29-20(30-31-21)15-6-9-18(19(24)32)26-10-15/h4-13H,1-3H3,(H2,24,32)(H2,25,27,28)(H,29,30,31). The van der Waals surface area contributed by atoms with Crippen molar-refractivity contribution in [2.24, 2.45) is 11.7 Å². The van der Waals surface area contributed by atoms with Crippen molar-refractivity contribution < 1.29 is 4.79 Å². The van der Waals surface area contributed by atoms with E-state index in [0.29, 0.717) is 11.4 Å². The van der Waals surface area contributed by atoms with Crippen molar-refractivity contribution in [3.05, 3.63) is 72.1 Å². The number of hydrogen-bond acceptors (Lipinski definition) is 7. The highest BCUT2D eigenvalue weighted by Gasteiger charge is 2.36. The van der Waals surface area contributed by atoms with Crippen molar-refractivity contribution in [3.63, 3.8) is 0 Å². The van der Waals surface area contributed by atoms with E-state index in [4.69, 9.17) is 16.5 Å². The summed E-state index contributed by atoms with van der Waals surface area (Å²) in [6.07, 6.45) is 4.96. The predicted octanol–water partition coefficient (Wildman–Crippen LogP) is 2.97. The highest BCUT2D eigenvalue weighted by atomic mass is 16.1. The summed E-state index contributed by atoms with van der Waals surface area (Å²) in [4.78, 5) is 28.2. The lowest BCUT2D eigenvalue weighted by Gasteiger charge is -2.32. The summed E-state index contributed by atoms with van der Waals surface area (Å²) in [5.41, 5.74) is 14.3. The number of pyridine rings is 1. The molecule has 162 valence electrons. The quantitative estimate of drug-likeness (QED) is 0.427. The van der Waals surface area contributed by atoms with Crippen LogP contribution in [0.1, 0.15) is 42.6 Å². The van der Waals surface area contributed by atoms with Gasteiger partial charge in [-0.15, -0.1) is 0 Å². The molecule has 3 heterocycles. The number of nitrogens with one attached hydrogen (secondary N) is 1. The highest BCUT2D eigenvalue weighted by molar-refractivity contribution is 5.90. The molecule has 1 aromatic carbocycles. The SMILES string of the molecule is CC(C)C(C)(c1ccc(-c2cnc(N)nc2)cc1)c1nc(-c2ccc(C(N)=O)nc2)n[nH]1. The second-order valence-corrected chi connectivity index (χ2v) is 8.07. The maximum absolute atomic E-state index is 11.3. The Bertz CT molecular complexity index is 1230. The molecule has 0 aliphatic rings. The topological polar surface area (TPSA) is 149 Å². The summed E-state index contributed by atoms with van der Waals surface area (Å²) in [5, 5.41) is 7.49. The molecule has 0 aliphatic heterocycles. The number of rotatable bonds is 6. The number of carbonyl (C=O) groups is 1. The number of carbonyl (C=O) groups excluding carboxylic acids is 1. The fourth-order valence-corrected chi connectivity index (χ4v) is 3.53. The minimum Gasteiger partial charge on any atom is -0.368 e. The number of nitrogens with two attached hydrogens (primary N) is 2. The molecule has 0 saturated carbocycles. The van der Waals surface area contributed by atoms with Gasteiger partial charge in [0.15, 0.2) is 5.82 Å². The molecule has 0 spiro atoms. The number of nitrogens with zero attached hydrogens (tertiary/aromatic N) is 5. The van der Waals surface area contributed by atoms with E-state index in [1.807, 2.05) is 12.1 Å². The van der Waals surface area contributed by atoms with Crippen LogP contribution in [0.3, 0.4) is 0 Å². The summed E-state index contributed by atoms with van der Waals surface area (Å²) in [6.45, 7) is 6.43. The zero-order valence-electron chi connectivity index (χ0n) is 18.1. The van der Waals surface area contributed by atoms with E-state index in [2.05, 4.69) is 58.1 Å². The van der Waals surface area contributed by atoms with Crippen LogP contribution in [-0.2, 0) is 5.41 Å². The number of benzene rings is 1. The summed E-state index contributed by atoms with van der Waals surface area (Å²) < 4.78 is 0. The highest BCUT2D eigenvalue weighted by Crippen LogP contribution is 2.38. The van der Waals surface area contributed by atoms with Crippen molar-refractivity contribution in [2.45, 2.75) is 26.2 Å². The summed E-state index contributed by atoms with van der Waals surface area (Å²) in [5.74, 6) is 1.15. The van der Waals surface area contributed by atoms with Gasteiger partial charge < -0.3 is 11.5 Å². The van der Waals surface area contributed by atoms with Gasteiger partial charge in [-0.1, -0.05) is 38.1 Å². The number of nitrogen functional groups attached to an aromatic ring is 1. The lowest BCUT2D eigenvalue weighted by molar-refractivity contribution is 0.0995. The summed E-state index contributed by atoms with van der Waals surface area (Å²) in [6, 6.07) is 11.5. The molecule has 1 unspecified atom stereocenters. The summed E-state index contributed by atoms with van der Waals surface area (Å²) in [7, 11) is 0. The van der Waals surface area contributed by atoms with E-state index >= 15 is 0 Å². The van der Waals surface area contributed by atoms with Crippen LogP contribution in [0.25, 0.3) is 22.5 Å². The second kappa shape index (κ2) is 8.18. The van der Waals surface area contributed by atoms with E-state index in [1.54, 1.807) is 30.7 Å². The van der Waals surface area contributed by atoms with E-state index in [0.717, 1.165) is 22.5 Å². The molecule has 0 bridgehead atoms. The average Bonchev–Trinajstić information content (AvgIpc) is 3.30. The number of anilines is 1. The van der Waals surface area contributed by atoms with E-state index < -0.39 is 11.3 Å². The van der Waals surface area contributed by atoms with Gasteiger partial charge in [-0.3, -0.25) is 14.9 Å². The maximum atomic E-state index is 11.3. The zero-order valence-corrected chi connectivity index (χ0v) is 18.1. The Morgan fingerprint density at radius 1 is 0.938 bits per heavy atom. The lowest BCUT2D eigenvalue weighted by Crippen LogP contribution is -2.31. The molecular formula is C23H24N8O. The summed E-state index contributed by atoms with van der Waals surface area (Å²) >= 11 is 0. The van der Waals surface area contributed by atoms with Crippen molar-refractivity contribution in [1.82, 2.24) is 30.1 Å². The molecule has 1 amide bonds. The van der Waals surface area contributed by atoms with Crippen LogP contribution < -0.4 is 11.5 Å². The number of aromatic nitrogens is 6. The molecule has 32 heavy (non-hydrogen) atoms. The van der Waals surface area contributed by atoms with E-state index in [1.165, 1.54) is 0 Å². The maximum Gasteiger partial charge on any atom is 0.267 e. The molecule has 0 fully saturated rings. The van der Waals surface area contributed by atoms with Crippen LogP contribution in [0, 0.1) is 5.92 Å². The first-order valence-corrected chi connectivity index (χ1v) is 10.2. The molecule has 4 aromatic rings. The third-order valence-corrected chi connectivity index (χ3v) is 5.90. The molecule has 4 rings (SSSR count). The third-order valence-electron chi connectivity index (χ3n) is 5.90. The fourth-order valence-electron chi connectivity index (χ4n) is 3.53.